The van der Waals surface area contributed by atoms with Gasteiger partial charge in [0, 0.05) is 12.2 Å². The van der Waals surface area contributed by atoms with Gasteiger partial charge in [-0.05, 0) is 6.42 Å². The molecule has 0 N–H and O–H groups in total. The molecule has 0 rings (SSSR count). The average Bonchev–Trinajstić information content (AvgIpc) is 2.31. The maximum atomic E-state index is 12.7. The summed E-state index contributed by atoms with van der Waals surface area (Å²) < 4.78 is 65.6. The summed E-state index contributed by atoms with van der Waals surface area (Å²) in [5.74, 6) is -5.75. The van der Waals surface area contributed by atoms with Crippen LogP contribution in [0.2, 0.25) is 0 Å². The minimum atomic E-state index is -5.54. The number of hydrogen-bond donors (Lipinski definition) is 0. The molecule has 0 amide bonds. The lowest BCUT2D eigenvalue weighted by molar-refractivity contribution is -0.282. The Bertz CT molecular complexity index is 281. The first kappa shape index (κ1) is 18.5. The standard InChI is InChI=1S/C11H17F5O2S/c1-3-4-5-8(9(17)18-2)19-7-6-10(12,13)11(14,15)16/h8H,3-7H2,1-2H3. The van der Waals surface area contributed by atoms with Gasteiger partial charge < -0.3 is 4.74 Å². The molecular weight excluding hydrogens is 291 g/mol. The van der Waals surface area contributed by atoms with E-state index in [1.807, 2.05) is 6.92 Å². The van der Waals surface area contributed by atoms with E-state index in [1.54, 1.807) is 0 Å². The average molecular weight is 308 g/mol. The molecule has 8 heteroatoms. The van der Waals surface area contributed by atoms with Gasteiger partial charge in [-0.2, -0.15) is 22.0 Å². The highest BCUT2D eigenvalue weighted by atomic mass is 32.2. The van der Waals surface area contributed by atoms with Crippen LogP contribution in [0.4, 0.5) is 22.0 Å². The van der Waals surface area contributed by atoms with E-state index < -0.39 is 35.5 Å². The summed E-state index contributed by atoms with van der Waals surface area (Å²) in [4.78, 5) is 11.3. The Morgan fingerprint density at radius 1 is 1.26 bits per heavy atom. The van der Waals surface area contributed by atoms with Gasteiger partial charge in [-0.3, -0.25) is 4.79 Å². The summed E-state index contributed by atoms with van der Waals surface area (Å²) in [5, 5.41) is -0.686. The van der Waals surface area contributed by atoms with Gasteiger partial charge in [0.2, 0.25) is 0 Å². The SMILES string of the molecule is CCCCC(SCCC(F)(F)C(F)(F)F)C(=O)OC. The topological polar surface area (TPSA) is 26.3 Å². The molecule has 0 aliphatic heterocycles. The van der Waals surface area contributed by atoms with Crippen LogP contribution < -0.4 is 0 Å². The van der Waals surface area contributed by atoms with Crippen LogP contribution in [-0.2, 0) is 9.53 Å². The van der Waals surface area contributed by atoms with Crippen molar-refractivity contribution in [3.63, 3.8) is 0 Å². The summed E-state index contributed by atoms with van der Waals surface area (Å²) in [7, 11) is 1.16. The second-order valence-corrected chi connectivity index (χ2v) is 5.29. The second kappa shape index (κ2) is 7.91. The fourth-order valence-corrected chi connectivity index (χ4v) is 2.49. The van der Waals surface area contributed by atoms with Crippen molar-refractivity contribution in [3.8, 4) is 0 Å². The number of carbonyl (C=O) groups excluding carboxylic acids is 1. The Morgan fingerprint density at radius 2 is 1.84 bits per heavy atom. The highest BCUT2D eigenvalue weighted by Gasteiger charge is 2.56. The van der Waals surface area contributed by atoms with Gasteiger partial charge >= 0.3 is 18.1 Å². The molecule has 114 valence electrons. The number of hydrogen-bond acceptors (Lipinski definition) is 3. The van der Waals surface area contributed by atoms with Crippen molar-refractivity contribution in [1.82, 2.24) is 0 Å². The maximum absolute atomic E-state index is 12.7. The minimum Gasteiger partial charge on any atom is -0.468 e. The lowest BCUT2D eigenvalue weighted by Crippen LogP contribution is -2.37. The molecule has 0 aromatic rings. The van der Waals surface area contributed by atoms with E-state index in [1.165, 1.54) is 0 Å². The van der Waals surface area contributed by atoms with Crippen LogP contribution in [0.25, 0.3) is 0 Å². The van der Waals surface area contributed by atoms with E-state index in [0.717, 1.165) is 25.3 Å². The molecule has 0 bridgehead atoms. The predicted molar refractivity (Wildman–Crippen MR) is 63.4 cm³/mol. The molecule has 1 atom stereocenters. The molecule has 0 heterocycles. The Labute approximate surface area is 113 Å². The normalized spacial score (nSPS) is 14.3. The van der Waals surface area contributed by atoms with Crippen LogP contribution in [-0.4, -0.2) is 36.2 Å². The van der Waals surface area contributed by atoms with Gasteiger partial charge in [-0.1, -0.05) is 19.8 Å². The summed E-state index contributed by atoms with van der Waals surface area (Å²) in [5.41, 5.74) is 0. The van der Waals surface area contributed by atoms with Crippen molar-refractivity contribution >= 4 is 17.7 Å². The van der Waals surface area contributed by atoms with E-state index >= 15 is 0 Å². The Morgan fingerprint density at radius 3 is 2.26 bits per heavy atom. The largest absolute Gasteiger partial charge is 0.468 e. The zero-order valence-electron chi connectivity index (χ0n) is 10.7. The van der Waals surface area contributed by atoms with Crippen molar-refractivity contribution in [3.05, 3.63) is 0 Å². The fraction of sp³-hybridized carbons (Fsp3) is 0.909. The number of esters is 1. The lowest BCUT2D eigenvalue weighted by Gasteiger charge is -2.20. The molecule has 0 fully saturated rings. The Balaban J connectivity index is 4.29. The van der Waals surface area contributed by atoms with Gasteiger partial charge in [0.1, 0.15) is 5.25 Å². The van der Waals surface area contributed by atoms with Crippen molar-refractivity contribution in [2.45, 2.75) is 50.0 Å². The van der Waals surface area contributed by atoms with E-state index in [4.69, 9.17) is 0 Å². The van der Waals surface area contributed by atoms with Crippen LogP contribution in [0, 0.1) is 0 Å². The second-order valence-electron chi connectivity index (χ2n) is 3.98. The highest BCUT2D eigenvalue weighted by Crippen LogP contribution is 2.39. The van der Waals surface area contributed by atoms with Crippen LogP contribution >= 0.6 is 11.8 Å². The number of ether oxygens (including phenoxy) is 1. The fourth-order valence-electron chi connectivity index (χ4n) is 1.26. The van der Waals surface area contributed by atoms with Gasteiger partial charge in [0.25, 0.3) is 0 Å². The predicted octanol–water partition coefficient (Wildman–Crippen LogP) is 4.04. The molecule has 0 spiro atoms. The Kier molecular flexibility index (Phi) is 7.69. The summed E-state index contributed by atoms with van der Waals surface area (Å²) in [6, 6.07) is 0. The molecular formula is C11H17F5O2S. The third kappa shape index (κ3) is 6.44. The molecule has 1 unspecified atom stereocenters. The monoisotopic (exact) mass is 308 g/mol. The van der Waals surface area contributed by atoms with Gasteiger partial charge in [0.05, 0.1) is 7.11 Å². The van der Waals surface area contributed by atoms with E-state index in [2.05, 4.69) is 4.74 Å². The van der Waals surface area contributed by atoms with Crippen LogP contribution in [0.15, 0.2) is 0 Å². The highest BCUT2D eigenvalue weighted by molar-refractivity contribution is 8.00. The molecule has 0 saturated carbocycles. The van der Waals surface area contributed by atoms with E-state index in [-0.39, 0.29) is 0 Å². The first-order valence-corrected chi connectivity index (χ1v) is 6.84. The van der Waals surface area contributed by atoms with Gasteiger partial charge in [-0.25, -0.2) is 0 Å². The molecule has 2 nitrogen and oxygen atoms in total. The first-order valence-electron chi connectivity index (χ1n) is 5.79. The maximum Gasteiger partial charge on any atom is 0.453 e. The van der Waals surface area contributed by atoms with E-state index in [9.17, 15) is 26.7 Å². The number of halogens is 5. The molecule has 0 radical (unpaired) electrons. The van der Waals surface area contributed by atoms with Crippen molar-refractivity contribution < 1.29 is 31.5 Å². The van der Waals surface area contributed by atoms with Crippen molar-refractivity contribution in [2.75, 3.05) is 12.9 Å². The lowest BCUT2D eigenvalue weighted by atomic mass is 10.2. The number of rotatable bonds is 8. The molecule has 0 aliphatic rings. The Hall–Kier alpha value is -0.530. The number of thioether (sulfide) groups is 1. The first-order chi connectivity index (χ1) is 8.65. The molecule has 0 saturated heterocycles. The summed E-state index contributed by atoms with van der Waals surface area (Å²) in [6.45, 7) is 1.89. The van der Waals surface area contributed by atoms with Gasteiger partial charge in [-0.15, -0.1) is 11.8 Å². The van der Waals surface area contributed by atoms with Crippen molar-refractivity contribution in [1.29, 1.82) is 0 Å². The van der Waals surface area contributed by atoms with Crippen LogP contribution in [0.3, 0.4) is 0 Å². The zero-order valence-corrected chi connectivity index (χ0v) is 11.5. The smallest absolute Gasteiger partial charge is 0.453 e. The third-order valence-electron chi connectivity index (χ3n) is 2.43. The molecule has 0 aliphatic carbocycles. The van der Waals surface area contributed by atoms with Crippen LogP contribution in [0.5, 0.6) is 0 Å². The number of carbonyl (C=O) groups is 1. The van der Waals surface area contributed by atoms with Gasteiger partial charge in [0.15, 0.2) is 0 Å². The summed E-state index contributed by atoms with van der Waals surface area (Å²) in [6.07, 6.45) is -4.99. The van der Waals surface area contributed by atoms with Crippen molar-refractivity contribution in [2.24, 2.45) is 0 Å². The molecule has 19 heavy (non-hydrogen) atoms. The quantitative estimate of drug-likeness (QED) is 0.500. The zero-order chi connectivity index (χ0) is 15.1. The number of alkyl halides is 5. The third-order valence-corrected chi connectivity index (χ3v) is 3.70. The minimum absolute atomic E-state index is 0.408. The molecule has 0 aromatic carbocycles. The van der Waals surface area contributed by atoms with E-state index in [0.29, 0.717) is 12.8 Å². The molecule has 0 aromatic heterocycles. The number of unbranched alkanes of at least 4 members (excludes halogenated alkanes) is 1. The van der Waals surface area contributed by atoms with Crippen LogP contribution in [0.1, 0.15) is 32.6 Å². The summed E-state index contributed by atoms with van der Waals surface area (Å²) >= 11 is 0.783. The number of methoxy groups -OCH3 is 1.